The fraction of sp³-hybridized carbons (Fsp3) is 0.0909. The van der Waals surface area contributed by atoms with Crippen molar-refractivity contribution in [1.82, 2.24) is 9.97 Å². The van der Waals surface area contributed by atoms with E-state index in [0.29, 0.717) is 10.8 Å². The lowest BCUT2D eigenvalue weighted by atomic mass is 10.3. The summed E-state index contributed by atoms with van der Waals surface area (Å²) in [7, 11) is 1.83. The number of hydrogen-bond donors (Lipinski definition) is 0. The van der Waals surface area contributed by atoms with E-state index in [1.165, 1.54) is 18.0 Å². The molecular weight excluding hydrogens is 252 g/mol. The van der Waals surface area contributed by atoms with Crippen LogP contribution in [0, 0.1) is 10.1 Å². The van der Waals surface area contributed by atoms with Crippen LogP contribution in [-0.4, -0.2) is 21.9 Å². The van der Waals surface area contributed by atoms with Gasteiger partial charge in [-0.25, -0.2) is 4.98 Å². The van der Waals surface area contributed by atoms with E-state index in [9.17, 15) is 10.1 Å². The van der Waals surface area contributed by atoms with E-state index in [1.54, 1.807) is 0 Å². The molecule has 1 aromatic heterocycles. The first-order chi connectivity index (χ1) is 8.66. The monoisotopic (exact) mass is 260 g/mol. The van der Waals surface area contributed by atoms with E-state index in [0.717, 1.165) is 10.6 Å². The molecule has 1 aliphatic heterocycles. The molecule has 0 saturated heterocycles. The molecule has 18 heavy (non-hydrogen) atoms. The van der Waals surface area contributed by atoms with Crippen molar-refractivity contribution in [3.63, 3.8) is 0 Å². The van der Waals surface area contributed by atoms with Gasteiger partial charge in [0.15, 0.2) is 5.03 Å². The summed E-state index contributed by atoms with van der Waals surface area (Å²) in [4.78, 5) is 21.2. The van der Waals surface area contributed by atoms with Gasteiger partial charge in [0, 0.05) is 11.9 Å². The van der Waals surface area contributed by atoms with E-state index in [4.69, 9.17) is 0 Å². The van der Waals surface area contributed by atoms with Gasteiger partial charge in [0.25, 0.3) is 5.82 Å². The Morgan fingerprint density at radius 3 is 2.94 bits per heavy atom. The predicted octanol–water partition coefficient (Wildman–Crippen LogP) is 2.62. The highest BCUT2D eigenvalue weighted by Crippen LogP contribution is 2.45. The van der Waals surface area contributed by atoms with Crippen LogP contribution in [0.3, 0.4) is 0 Å². The van der Waals surface area contributed by atoms with E-state index in [-0.39, 0.29) is 5.82 Å². The summed E-state index contributed by atoms with van der Waals surface area (Å²) >= 11 is 1.47. The van der Waals surface area contributed by atoms with Gasteiger partial charge in [-0.15, -0.1) is 0 Å². The third kappa shape index (κ3) is 1.60. The lowest BCUT2D eigenvalue weighted by molar-refractivity contribution is -0.389. The van der Waals surface area contributed by atoms with Crippen molar-refractivity contribution < 1.29 is 4.92 Å². The predicted molar refractivity (Wildman–Crippen MR) is 67.3 cm³/mol. The largest absolute Gasteiger partial charge is 0.384 e. The molecule has 1 aromatic carbocycles. The van der Waals surface area contributed by atoms with E-state index < -0.39 is 4.92 Å². The van der Waals surface area contributed by atoms with Crippen molar-refractivity contribution in [2.24, 2.45) is 0 Å². The molecule has 0 unspecified atom stereocenters. The van der Waals surface area contributed by atoms with Crippen molar-refractivity contribution in [2.75, 3.05) is 11.9 Å². The topological polar surface area (TPSA) is 72.2 Å². The smallest absolute Gasteiger partial charge is 0.358 e. The number of benzene rings is 1. The molecule has 7 heteroatoms. The molecule has 0 radical (unpaired) electrons. The third-order valence-electron chi connectivity index (χ3n) is 2.65. The maximum absolute atomic E-state index is 10.7. The molecule has 6 nitrogen and oxygen atoms in total. The molecule has 2 heterocycles. The second-order valence-electron chi connectivity index (χ2n) is 3.74. The van der Waals surface area contributed by atoms with Crippen LogP contribution in [0.1, 0.15) is 0 Å². The van der Waals surface area contributed by atoms with Crippen LogP contribution in [0.4, 0.5) is 17.3 Å². The Labute approximate surface area is 107 Å². The van der Waals surface area contributed by atoms with Crippen molar-refractivity contribution in [2.45, 2.75) is 9.92 Å². The highest BCUT2D eigenvalue weighted by Gasteiger charge is 2.28. The molecule has 0 N–H and O–H groups in total. The first-order valence-electron chi connectivity index (χ1n) is 5.19. The van der Waals surface area contributed by atoms with Gasteiger partial charge >= 0.3 is 5.82 Å². The van der Waals surface area contributed by atoms with Gasteiger partial charge in [-0.2, -0.15) is 0 Å². The van der Waals surface area contributed by atoms with Crippen molar-refractivity contribution in [3.8, 4) is 0 Å². The molecule has 0 atom stereocenters. The van der Waals surface area contributed by atoms with Crippen molar-refractivity contribution >= 4 is 29.1 Å². The summed E-state index contributed by atoms with van der Waals surface area (Å²) in [5, 5.41) is 11.4. The summed E-state index contributed by atoms with van der Waals surface area (Å²) in [6, 6.07) is 7.81. The minimum Gasteiger partial charge on any atom is -0.358 e. The third-order valence-corrected chi connectivity index (χ3v) is 3.69. The highest BCUT2D eigenvalue weighted by atomic mass is 32.2. The van der Waals surface area contributed by atoms with Crippen molar-refractivity contribution in [3.05, 3.63) is 40.6 Å². The number of para-hydroxylation sites is 1. The van der Waals surface area contributed by atoms with Gasteiger partial charge in [-0.3, -0.25) is 0 Å². The zero-order chi connectivity index (χ0) is 12.7. The van der Waals surface area contributed by atoms with Gasteiger partial charge in [-0.05, 0) is 22.0 Å². The van der Waals surface area contributed by atoms with E-state index >= 15 is 0 Å². The maximum Gasteiger partial charge on any atom is 0.384 e. The second-order valence-corrected chi connectivity index (χ2v) is 4.77. The van der Waals surface area contributed by atoms with Crippen LogP contribution in [0.25, 0.3) is 0 Å². The van der Waals surface area contributed by atoms with Crippen LogP contribution in [0.15, 0.2) is 40.4 Å². The molecule has 1 aliphatic rings. The van der Waals surface area contributed by atoms with Crippen LogP contribution in [-0.2, 0) is 0 Å². The fourth-order valence-electron chi connectivity index (χ4n) is 1.78. The molecule has 0 spiro atoms. The normalized spacial score (nSPS) is 12.8. The second kappa shape index (κ2) is 3.95. The minimum absolute atomic E-state index is 0.236. The molecule has 0 saturated carbocycles. The average molecular weight is 260 g/mol. The zero-order valence-electron chi connectivity index (χ0n) is 9.40. The number of hydrogen-bond acceptors (Lipinski definition) is 6. The van der Waals surface area contributed by atoms with Gasteiger partial charge in [0.05, 0.1) is 5.69 Å². The van der Waals surface area contributed by atoms with Crippen LogP contribution in [0.2, 0.25) is 0 Å². The summed E-state index contributed by atoms with van der Waals surface area (Å²) < 4.78 is 0. The van der Waals surface area contributed by atoms with Gasteiger partial charge in [-0.1, -0.05) is 23.9 Å². The van der Waals surface area contributed by atoms with Gasteiger partial charge < -0.3 is 15.0 Å². The Hall–Kier alpha value is -2.15. The number of nitro groups is 1. The maximum atomic E-state index is 10.7. The minimum atomic E-state index is -0.535. The molecule has 0 fully saturated rings. The van der Waals surface area contributed by atoms with Crippen molar-refractivity contribution in [1.29, 1.82) is 0 Å². The van der Waals surface area contributed by atoms with Crippen LogP contribution >= 0.6 is 11.8 Å². The lowest BCUT2D eigenvalue weighted by Gasteiger charge is -2.24. The summed E-state index contributed by atoms with van der Waals surface area (Å²) in [5.41, 5.74) is 0.977. The summed E-state index contributed by atoms with van der Waals surface area (Å²) in [6.07, 6.45) is 1.19. The average Bonchev–Trinajstić information content (AvgIpc) is 2.38. The molecule has 90 valence electrons. The number of fused-ring (bicyclic) bond motifs is 2. The number of rotatable bonds is 1. The first-order valence-corrected chi connectivity index (χ1v) is 6.00. The Morgan fingerprint density at radius 2 is 2.17 bits per heavy atom. The standard InChI is InChI=1S/C11H8N4O2S/c1-14-7-4-2-3-5-8(7)18-11-10(14)13-9(6-12-11)15(16)17/h2-6H,1H3. The van der Waals surface area contributed by atoms with E-state index in [1.807, 2.05) is 36.2 Å². The van der Waals surface area contributed by atoms with Gasteiger partial charge in [0.2, 0.25) is 0 Å². The van der Waals surface area contributed by atoms with Crippen LogP contribution in [0.5, 0.6) is 0 Å². The number of nitrogens with zero attached hydrogens (tertiary/aromatic N) is 4. The first kappa shape index (κ1) is 11.0. The summed E-state index contributed by atoms with van der Waals surface area (Å²) in [6.45, 7) is 0. The Morgan fingerprint density at radius 1 is 1.39 bits per heavy atom. The number of anilines is 2. The summed E-state index contributed by atoms with van der Waals surface area (Å²) in [5.74, 6) is 0.286. The lowest BCUT2D eigenvalue weighted by Crippen LogP contribution is -2.17. The molecule has 0 bridgehead atoms. The van der Waals surface area contributed by atoms with Crippen LogP contribution < -0.4 is 4.90 Å². The Kier molecular flexibility index (Phi) is 2.41. The van der Waals surface area contributed by atoms with E-state index in [2.05, 4.69) is 9.97 Å². The highest BCUT2D eigenvalue weighted by molar-refractivity contribution is 7.99. The Bertz CT molecular complexity index is 647. The molecule has 0 aliphatic carbocycles. The molecular formula is C11H8N4O2S. The number of aromatic nitrogens is 2. The zero-order valence-corrected chi connectivity index (χ0v) is 10.2. The molecule has 2 aromatic rings. The molecule has 0 amide bonds. The van der Waals surface area contributed by atoms with Gasteiger partial charge in [0.1, 0.15) is 6.20 Å². The quantitative estimate of drug-likeness (QED) is 0.579. The fourth-order valence-corrected chi connectivity index (χ4v) is 2.82. The Balaban J connectivity index is 2.14. The SMILES string of the molecule is CN1c2ccccc2Sc2ncc([N+](=O)[O-])nc21. The molecule has 3 rings (SSSR count).